The van der Waals surface area contributed by atoms with Gasteiger partial charge in [0, 0.05) is 28.7 Å². The number of Topliss-reactive ketones (excluding diaryl/α,β-unsaturated/α-hetero) is 1. The molecule has 2 aliphatic rings. The van der Waals surface area contributed by atoms with Crippen LogP contribution in [0.25, 0.3) is 6.08 Å². The first-order valence-electron chi connectivity index (χ1n) is 11.8. The van der Waals surface area contributed by atoms with E-state index in [9.17, 15) is 14.4 Å². The van der Waals surface area contributed by atoms with Gasteiger partial charge < -0.3 is 28.4 Å². The Labute approximate surface area is 218 Å². The van der Waals surface area contributed by atoms with Gasteiger partial charge in [0.1, 0.15) is 28.7 Å². The molecule has 0 aliphatic carbocycles. The number of ether oxygens (including phenoxy) is 6. The van der Waals surface area contributed by atoms with Crippen molar-refractivity contribution in [3.05, 3.63) is 82.6 Å². The number of carbonyl (C=O) groups excluding carboxylic acids is 3. The van der Waals surface area contributed by atoms with Crippen molar-refractivity contribution in [3.8, 4) is 28.7 Å². The number of para-hydroxylation sites is 1. The molecular formula is C29H24O9. The van der Waals surface area contributed by atoms with Crippen molar-refractivity contribution in [1.82, 2.24) is 0 Å². The monoisotopic (exact) mass is 516 g/mol. The number of benzene rings is 3. The Bertz CT molecular complexity index is 1470. The average molecular weight is 517 g/mol. The number of rotatable bonds is 7. The van der Waals surface area contributed by atoms with Crippen LogP contribution in [-0.2, 0) is 14.3 Å². The summed E-state index contributed by atoms with van der Waals surface area (Å²) in [5.74, 6) is 0.397. The van der Waals surface area contributed by atoms with E-state index in [4.69, 9.17) is 23.7 Å². The molecule has 3 aromatic rings. The molecule has 9 nitrogen and oxygen atoms in total. The third kappa shape index (κ3) is 4.54. The van der Waals surface area contributed by atoms with Gasteiger partial charge in [-0.25, -0.2) is 4.79 Å². The average Bonchev–Trinajstić information content (AvgIpc) is 3.26. The number of hydrogen-bond donors (Lipinski definition) is 0. The highest BCUT2D eigenvalue weighted by molar-refractivity contribution is 6.15. The van der Waals surface area contributed by atoms with Crippen molar-refractivity contribution in [3.63, 3.8) is 0 Å². The maximum Gasteiger partial charge on any atom is 0.343 e. The zero-order chi connectivity index (χ0) is 26.8. The summed E-state index contributed by atoms with van der Waals surface area (Å²) in [6.45, 7) is -0.296. The number of fused-ring (bicyclic) bond motifs is 3. The van der Waals surface area contributed by atoms with Gasteiger partial charge in [-0.15, -0.1) is 0 Å². The van der Waals surface area contributed by atoms with Gasteiger partial charge >= 0.3 is 11.9 Å². The van der Waals surface area contributed by atoms with E-state index in [2.05, 4.69) is 4.74 Å². The van der Waals surface area contributed by atoms with Crippen molar-refractivity contribution in [2.75, 3.05) is 27.9 Å². The van der Waals surface area contributed by atoms with Gasteiger partial charge in [0.25, 0.3) is 0 Å². The smallest absolute Gasteiger partial charge is 0.343 e. The van der Waals surface area contributed by atoms with E-state index in [1.807, 2.05) is 0 Å². The summed E-state index contributed by atoms with van der Waals surface area (Å²) in [6, 6.07) is 15.5. The van der Waals surface area contributed by atoms with Crippen LogP contribution in [0.4, 0.5) is 0 Å². The second-order valence-electron chi connectivity index (χ2n) is 8.54. The Kier molecular flexibility index (Phi) is 6.74. The summed E-state index contributed by atoms with van der Waals surface area (Å²) in [6.07, 6.45) is 1.59. The fourth-order valence-electron chi connectivity index (χ4n) is 4.55. The zero-order valence-electron chi connectivity index (χ0n) is 20.9. The molecule has 2 aliphatic heterocycles. The van der Waals surface area contributed by atoms with E-state index < -0.39 is 17.9 Å². The highest BCUT2D eigenvalue weighted by atomic mass is 16.6. The fourth-order valence-corrected chi connectivity index (χ4v) is 4.55. The summed E-state index contributed by atoms with van der Waals surface area (Å²) in [4.78, 5) is 37.6. The molecule has 0 aromatic heterocycles. The SMILES string of the molecule is COC(=O)COc1ccccc1C1CC(=O)Oc2ccc3c(c21)O/C(=C\c1ccc(OC)cc1OC)C3=O. The summed E-state index contributed by atoms with van der Waals surface area (Å²) in [5.41, 5.74) is 2.17. The molecule has 0 amide bonds. The van der Waals surface area contributed by atoms with E-state index in [-0.39, 0.29) is 24.6 Å². The number of ketones is 1. The van der Waals surface area contributed by atoms with Crippen LogP contribution in [0.2, 0.25) is 0 Å². The first-order chi connectivity index (χ1) is 18.4. The van der Waals surface area contributed by atoms with E-state index in [1.165, 1.54) is 14.2 Å². The van der Waals surface area contributed by atoms with Crippen molar-refractivity contribution in [2.24, 2.45) is 0 Å². The molecule has 0 spiro atoms. The molecule has 0 bridgehead atoms. The second-order valence-corrected chi connectivity index (χ2v) is 8.54. The predicted octanol–water partition coefficient (Wildman–Crippen LogP) is 4.31. The number of carbonyl (C=O) groups is 3. The molecule has 0 fully saturated rings. The maximum absolute atomic E-state index is 13.4. The Balaban J connectivity index is 1.57. The van der Waals surface area contributed by atoms with E-state index in [1.54, 1.807) is 67.8 Å². The molecule has 2 heterocycles. The topological polar surface area (TPSA) is 107 Å². The lowest BCUT2D eigenvalue weighted by Crippen LogP contribution is -2.22. The van der Waals surface area contributed by atoms with Crippen LogP contribution >= 0.6 is 0 Å². The Morgan fingerprint density at radius 3 is 2.55 bits per heavy atom. The largest absolute Gasteiger partial charge is 0.497 e. The number of methoxy groups -OCH3 is 3. The quantitative estimate of drug-likeness (QED) is 0.258. The minimum atomic E-state index is -0.544. The van der Waals surface area contributed by atoms with Gasteiger partial charge in [-0.05, 0) is 36.4 Å². The Morgan fingerprint density at radius 2 is 1.79 bits per heavy atom. The molecule has 1 unspecified atom stereocenters. The van der Waals surface area contributed by atoms with Gasteiger partial charge in [-0.3, -0.25) is 9.59 Å². The lowest BCUT2D eigenvalue weighted by molar-refractivity contribution is -0.143. The summed E-state index contributed by atoms with van der Waals surface area (Å²) in [5, 5.41) is 0. The second kappa shape index (κ2) is 10.3. The molecule has 3 aromatic carbocycles. The lowest BCUT2D eigenvalue weighted by atomic mass is 9.84. The highest BCUT2D eigenvalue weighted by Crippen LogP contribution is 2.50. The zero-order valence-corrected chi connectivity index (χ0v) is 20.9. The van der Waals surface area contributed by atoms with Crippen molar-refractivity contribution >= 4 is 23.8 Å². The Hall–Kier alpha value is -4.79. The molecule has 0 N–H and O–H groups in total. The molecule has 5 rings (SSSR count). The van der Waals surface area contributed by atoms with Gasteiger partial charge in [-0.1, -0.05) is 18.2 Å². The third-order valence-corrected chi connectivity index (χ3v) is 6.37. The predicted molar refractivity (Wildman–Crippen MR) is 135 cm³/mol. The molecular weight excluding hydrogens is 492 g/mol. The number of esters is 2. The number of hydrogen-bond acceptors (Lipinski definition) is 9. The molecule has 0 radical (unpaired) electrons. The molecule has 0 saturated carbocycles. The van der Waals surface area contributed by atoms with Crippen LogP contribution in [-0.4, -0.2) is 45.7 Å². The first kappa shape index (κ1) is 24.9. The summed E-state index contributed by atoms with van der Waals surface area (Å²) in [7, 11) is 4.35. The Morgan fingerprint density at radius 1 is 0.974 bits per heavy atom. The van der Waals surface area contributed by atoms with E-state index in [0.717, 1.165) is 0 Å². The number of allylic oxidation sites excluding steroid dienone is 1. The lowest BCUT2D eigenvalue weighted by Gasteiger charge is -2.27. The minimum absolute atomic E-state index is 0.00898. The van der Waals surface area contributed by atoms with Gasteiger partial charge in [-0.2, -0.15) is 0 Å². The van der Waals surface area contributed by atoms with Crippen LogP contribution in [0, 0.1) is 0 Å². The summed E-state index contributed by atoms with van der Waals surface area (Å²) < 4.78 is 32.7. The van der Waals surface area contributed by atoms with Gasteiger partial charge in [0.05, 0.1) is 33.3 Å². The molecule has 194 valence electrons. The van der Waals surface area contributed by atoms with Crippen LogP contribution in [0.5, 0.6) is 28.7 Å². The van der Waals surface area contributed by atoms with Crippen molar-refractivity contribution in [2.45, 2.75) is 12.3 Å². The van der Waals surface area contributed by atoms with Gasteiger partial charge in [0.15, 0.2) is 12.4 Å². The first-order valence-corrected chi connectivity index (χ1v) is 11.8. The van der Waals surface area contributed by atoms with Crippen LogP contribution in [0.15, 0.2) is 60.4 Å². The molecule has 1 atom stereocenters. The van der Waals surface area contributed by atoms with Crippen molar-refractivity contribution < 1.29 is 42.8 Å². The molecule has 38 heavy (non-hydrogen) atoms. The maximum atomic E-state index is 13.4. The normalized spacial score (nSPS) is 16.7. The van der Waals surface area contributed by atoms with Gasteiger partial charge in [0.2, 0.25) is 5.78 Å². The van der Waals surface area contributed by atoms with E-state index in [0.29, 0.717) is 51.0 Å². The molecule has 0 saturated heterocycles. The van der Waals surface area contributed by atoms with E-state index >= 15 is 0 Å². The van der Waals surface area contributed by atoms with Crippen LogP contribution in [0.3, 0.4) is 0 Å². The fraction of sp³-hybridized carbons (Fsp3) is 0.207. The highest BCUT2D eigenvalue weighted by Gasteiger charge is 2.39. The van der Waals surface area contributed by atoms with Crippen LogP contribution in [0.1, 0.15) is 39.4 Å². The van der Waals surface area contributed by atoms with Crippen molar-refractivity contribution in [1.29, 1.82) is 0 Å². The summed E-state index contributed by atoms with van der Waals surface area (Å²) >= 11 is 0. The molecule has 9 heteroatoms. The third-order valence-electron chi connectivity index (χ3n) is 6.37. The van der Waals surface area contributed by atoms with Crippen LogP contribution < -0.4 is 23.7 Å². The standard InChI is InChI=1S/C29H24O9/c1-33-17-9-8-16(23(13-17)34-2)12-24-28(32)19-10-11-22-27(29(19)38-24)20(14-25(30)37-22)18-6-4-5-7-21(18)36-15-26(31)35-3/h4-13,20H,14-15H2,1-3H3/b24-12-. The minimum Gasteiger partial charge on any atom is -0.497 e.